The number of carbonyl (C=O) groups is 3. The van der Waals surface area contributed by atoms with E-state index >= 15 is 0 Å². The molecule has 154 valence electrons. The van der Waals surface area contributed by atoms with Crippen LogP contribution in [0.4, 0.5) is 5.95 Å². The molecule has 0 unspecified atom stereocenters. The van der Waals surface area contributed by atoms with Crippen LogP contribution in [0.5, 0.6) is 0 Å². The van der Waals surface area contributed by atoms with Gasteiger partial charge in [0.1, 0.15) is 6.54 Å². The van der Waals surface area contributed by atoms with E-state index in [1.807, 2.05) is 59.2 Å². The fraction of sp³-hybridized carbons (Fsp3) is 0.273. The summed E-state index contributed by atoms with van der Waals surface area (Å²) in [4.78, 5) is 44.3. The minimum absolute atomic E-state index is 0.138. The first-order valence-electron chi connectivity index (χ1n) is 9.63. The number of nitrogens with zero attached hydrogens (tertiary/aromatic N) is 3. The smallest absolute Gasteiger partial charge is 0.325 e. The van der Waals surface area contributed by atoms with Crippen LogP contribution >= 0.6 is 0 Å². The monoisotopic (exact) mass is 407 g/mol. The van der Waals surface area contributed by atoms with Crippen molar-refractivity contribution in [2.75, 3.05) is 25.2 Å². The Morgan fingerprint density at radius 2 is 1.77 bits per heavy atom. The van der Waals surface area contributed by atoms with Crippen LogP contribution in [0.2, 0.25) is 0 Å². The molecule has 4 rings (SSSR count). The van der Waals surface area contributed by atoms with Crippen LogP contribution < -0.4 is 4.90 Å². The largest absolute Gasteiger partial charge is 0.468 e. The zero-order valence-electron chi connectivity index (χ0n) is 16.6. The Hall–Kier alpha value is -3.68. The standard InChI is InChI=1S/C22H21N3O5/c1-3-30-21(28)18-19(14-9-5-4-6-10-14)25-16-12-8-7-11-15(16)23-22(25)24(20(18)27)13-17(26)29-2/h4-12,18-19H,3,13H2,1-2H3/t18-,19-/m0/s1. The topological polar surface area (TPSA) is 90.7 Å². The second-order valence-corrected chi connectivity index (χ2v) is 6.86. The van der Waals surface area contributed by atoms with Crippen molar-refractivity contribution in [2.45, 2.75) is 13.0 Å². The quantitative estimate of drug-likeness (QED) is 0.476. The number of anilines is 1. The molecule has 0 saturated carbocycles. The van der Waals surface area contributed by atoms with Crippen molar-refractivity contribution in [1.29, 1.82) is 0 Å². The van der Waals surface area contributed by atoms with Crippen LogP contribution in [-0.4, -0.2) is 47.7 Å². The van der Waals surface area contributed by atoms with Crippen molar-refractivity contribution in [3.63, 3.8) is 0 Å². The molecular formula is C22H21N3O5. The lowest BCUT2D eigenvalue weighted by molar-refractivity contribution is -0.154. The lowest BCUT2D eigenvalue weighted by Crippen LogP contribution is -2.51. The summed E-state index contributed by atoms with van der Waals surface area (Å²) in [6.45, 7) is 1.47. The highest BCUT2D eigenvalue weighted by atomic mass is 16.5. The number of imidazole rings is 1. The average molecular weight is 407 g/mol. The number of hydrogen-bond donors (Lipinski definition) is 0. The van der Waals surface area contributed by atoms with Crippen molar-refractivity contribution in [1.82, 2.24) is 9.55 Å². The van der Waals surface area contributed by atoms with E-state index < -0.39 is 29.8 Å². The van der Waals surface area contributed by atoms with Gasteiger partial charge in [0.05, 0.1) is 30.8 Å². The van der Waals surface area contributed by atoms with Gasteiger partial charge < -0.3 is 14.0 Å². The number of benzene rings is 2. The normalized spacial score (nSPS) is 18.2. The third-order valence-electron chi connectivity index (χ3n) is 5.14. The predicted molar refractivity (Wildman–Crippen MR) is 109 cm³/mol. The molecule has 1 amide bonds. The van der Waals surface area contributed by atoms with Crippen molar-refractivity contribution < 1.29 is 23.9 Å². The second-order valence-electron chi connectivity index (χ2n) is 6.86. The van der Waals surface area contributed by atoms with Crippen LogP contribution in [0.15, 0.2) is 54.6 Å². The summed E-state index contributed by atoms with van der Waals surface area (Å²) in [6, 6.07) is 16.0. The zero-order chi connectivity index (χ0) is 21.3. The van der Waals surface area contributed by atoms with Gasteiger partial charge in [-0.3, -0.25) is 19.3 Å². The maximum absolute atomic E-state index is 13.5. The number of hydrogen-bond acceptors (Lipinski definition) is 6. The molecule has 8 heteroatoms. The molecule has 1 aliphatic rings. The molecule has 0 aliphatic carbocycles. The van der Waals surface area contributed by atoms with Gasteiger partial charge in [-0.25, -0.2) is 4.98 Å². The van der Waals surface area contributed by atoms with Crippen LogP contribution in [0.25, 0.3) is 11.0 Å². The molecule has 0 radical (unpaired) electrons. The summed E-state index contributed by atoms with van der Waals surface area (Å²) in [5, 5.41) is 0. The number of methoxy groups -OCH3 is 1. The van der Waals surface area contributed by atoms with Crippen molar-refractivity contribution >= 4 is 34.8 Å². The van der Waals surface area contributed by atoms with Gasteiger partial charge in [0, 0.05) is 0 Å². The molecule has 3 aromatic rings. The van der Waals surface area contributed by atoms with Crippen LogP contribution in [0.1, 0.15) is 18.5 Å². The second kappa shape index (κ2) is 7.98. The number of para-hydroxylation sites is 2. The molecular weight excluding hydrogens is 386 g/mol. The number of ether oxygens (including phenoxy) is 2. The van der Waals surface area contributed by atoms with Gasteiger partial charge in [-0.15, -0.1) is 0 Å². The number of rotatable bonds is 5. The maximum Gasteiger partial charge on any atom is 0.325 e. The van der Waals surface area contributed by atoms with Crippen molar-refractivity contribution in [3.8, 4) is 0 Å². The van der Waals surface area contributed by atoms with Gasteiger partial charge in [0.15, 0.2) is 5.92 Å². The Labute approximate surface area is 173 Å². The third kappa shape index (κ3) is 3.20. The molecule has 2 heterocycles. The fourth-order valence-corrected chi connectivity index (χ4v) is 3.84. The van der Waals surface area contributed by atoms with E-state index in [1.165, 1.54) is 12.0 Å². The zero-order valence-corrected chi connectivity index (χ0v) is 16.6. The highest BCUT2D eigenvalue weighted by Crippen LogP contribution is 2.41. The third-order valence-corrected chi connectivity index (χ3v) is 5.14. The number of aromatic nitrogens is 2. The molecule has 8 nitrogen and oxygen atoms in total. The average Bonchev–Trinajstić information content (AvgIpc) is 3.15. The maximum atomic E-state index is 13.5. The van der Waals surface area contributed by atoms with Gasteiger partial charge >= 0.3 is 11.9 Å². The number of amides is 1. The first kappa shape index (κ1) is 19.6. The highest BCUT2D eigenvalue weighted by Gasteiger charge is 2.48. The highest BCUT2D eigenvalue weighted by molar-refractivity contribution is 6.10. The van der Waals surface area contributed by atoms with Crippen LogP contribution in [-0.2, 0) is 23.9 Å². The lowest BCUT2D eigenvalue weighted by atomic mass is 9.89. The fourth-order valence-electron chi connectivity index (χ4n) is 3.84. The molecule has 0 N–H and O–H groups in total. The molecule has 2 aromatic carbocycles. The molecule has 2 atom stereocenters. The van der Waals surface area contributed by atoms with Gasteiger partial charge in [0.2, 0.25) is 11.9 Å². The van der Waals surface area contributed by atoms with Gasteiger partial charge in [-0.1, -0.05) is 42.5 Å². The van der Waals surface area contributed by atoms with E-state index in [-0.39, 0.29) is 13.2 Å². The van der Waals surface area contributed by atoms with E-state index in [1.54, 1.807) is 6.92 Å². The summed E-state index contributed by atoms with van der Waals surface area (Å²) in [6.07, 6.45) is 0. The Bertz CT molecular complexity index is 1110. The Morgan fingerprint density at radius 1 is 1.07 bits per heavy atom. The van der Waals surface area contributed by atoms with Crippen molar-refractivity contribution in [2.24, 2.45) is 5.92 Å². The lowest BCUT2D eigenvalue weighted by Gasteiger charge is -2.37. The molecule has 1 aliphatic heterocycles. The van der Waals surface area contributed by atoms with Gasteiger partial charge in [0.25, 0.3) is 0 Å². The Balaban J connectivity index is 1.99. The molecule has 30 heavy (non-hydrogen) atoms. The molecule has 1 aromatic heterocycles. The first-order chi connectivity index (χ1) is 14.6. The van der Waals surface area contributed by atoms with E-state index in [9.17, 15) is 14.4 Å². The summed E-state index contributed by atoms with van der Waals surface area (Å²) in [5.74, 6) is -2.67. The van der Waals surface area contributed by atoms with E-state index in [0.717, 1.165) is 11.1 Å². The number of carbonyl (C=O) groups excluding carboxylic acids is 3. The number of fused-ring (bicyclic) bond motifs is 3. The van der Waals surface area contributed by atoms with Gasteiger partial charge in [-0.05, 0) is 24.6 Å². The predicted octanol–water partition coefficient (Wildman–Crippen LogP) is 2.32. The van der Waals surface area contributed by atoms with Gasteiger partial charge in [-0.2, -0.15) is 0 Å². The van der Waals surface area contributed by atoms with E-state index in [2.05, 4.69) is 4.98 Å². The summed E-state index contributed by atoms with van der Waals surface area (Å²) >= 11 is 0. The number of esters is 2. The molecule has 0 saturated heterocycles. The van der Waals surface area contributed by atoms with Crippen LogP contribution in [0, 0.1) is 5.92 Å². The summed E-state index contributed by atoms with van der Waals surface area (Å²) < 4.78 is 11.8. The summed E-state index contributed by atoms with van der Waals surface area (Å²) in [7, 11) is 1.25. The molecule has 0 fully saturated rings. The first-order valence-corrected chi connectivity index (χ1v) is 9.63. The molecule has 0 bridgehead atoms. The van der Waals surface area contributed by atoms with Crippen LogP contribution in [0.3, 0.4) is 0 Å². The minimum atomic E-state index is -1.16. The Kier molecular flexibility index (Phi) is 5.22. The van der Waals surface area contributed by atoms with E-state index in [4.69, 9.17) is 9.47 Å². The van der Waals surface area contributed by atoms with Crippen molar-refractivity contribution in [3.05, 3.63) is 60.2 Å². The SMILES string of the molecule is CCOC(=O)[C@@H]1C(=O)N(CC(=O)OC)c2nc3ccccc3n2[C@H]1c1ccccc1. The molecule has 0 spiro atoms. The van der Waals surface area contributed by atoms with E-state index in [0.29, 0.717) is 11.5 Å². The summed E-state index contributed by atoms with van der Waals surface area (Å²) in [5.41, 5.74) is 2.17. The Morgan fingerprint density at radius 3 is 2.47 bits per heavy atom. The minimum Gasteiger partial charge on any atom is -0.468 e.